The van der Waals surface area contributed by atoms with Crippen LogP contribution in [0.1, 0.15) is 25.7 Å². The highest BCUT2D eigenvalue weighted by atomic mass is 16.5. The molecule has 2 N–H and O–H groups in total. The number of morpholine rings is 2. The van der Waals surface area contributed by atoms with E-state index < -0.39 is 0 Å². The number of ether oxygens (including phenoxy) is 2. The molecular formula is C16H33N3O2. The van der Waals surface area contributed by atoms with Crippen molar-refractivity contribution in [2.24, 2.45) is 11.7 Å². The van der Waals surface area contributed by atoms with E-state index in [2.05, 4.69) is 9.80 Å². The summed E-state index contributed by atoms with van der Waals surface area (Å²) in [5, 5.41) is 0. The highest BCUT2D eigenvalue weighted by molar-refractivity contribution is 4.67. The number of rotatable bonds is 9. The van der Waals surface area contributed by atoms with Gasteiger partial charge in [0.1, 0.15) is 0 Å². The van der Waals surface area contributed by atoms with Crippen molar-refractivity contribution in [3.8, 4) is 0 Å². The van der Waals surface area contributed by atoms with Gasteiger partial charge in [0, 0.05) is 26.2 Å². The molecule has 5 nitrogen and oxygen atoms in total. The second-order valence-corrected chi connectivity index (χ2v) is 6.29. The minimum absolute atomic E-state index is 0.701. The smallest absolute Gasteiger partial charge is 0.0594 e. The van der Waals surface area contributed by atoms with Crippen molar-refractivity contribution in [2.45, 2.75) is 25.7 Å². The molecule has 21 heavy (non-hydrogen) atoms. The van der Waals surface area contributed by atoms with Gasteiger partial charge in [-0.2, -0.15) is 0 Å². The molecule has 0 aliphatic carbocycles. The molecule has 5 heteroatoms. The number of hydrogen-bond donors (Lipinski definition) is 1. The zero-order valence-corrected chi connectivity index (χ0v) is 13.5. The number of nitrogens with two attached hydrogens (primary N) is 1. The first kappa shape index (κ1) is 17.2. The summed E-state index contributed by atoms with van der Waals surface area (Å²) in [6, 6.07) is 0. The summed E-state index contributed by atoms with van der Waals surface area (Å²) in [5.41, 5.74) is 5.94. The molecule has 2 aliphatic rings. The van der Waals surface area contributed by atoms with E-state index >= 15 is 0 Å². The molecule has 0 radical (unpaired) electrons. The van der Waals surface area contributed by atoms with Crippen LogP contribution in [0.3, 0.4) is 0 Å². The van der Waals surface area contributed by atoms with Crippen molar-refractivity contribution in [1.82, 2.24) is 9.80 Å². The van der Waals surface area contributed by atoms with Crippen LogP contribution in [0.25, 0.3) is 0 Å². The molecule has 0 aromatic carbocycles. The van der Waals surface area contributed by atoms with Gasteiger partial charge in [-0.1, -0.05) is 0 Å². The first-order valence-electron chi connectivity index (χ1n) is 8.69. The van der Waals surface area contributed by atoms with E-state index in [4.69, 9.17) is 15.2 Å². The summed E-state index contributed by atoms with van der Waals surface area (Å²) in [6.07, 6.45) is 5.10. The van der Waals surface area contributed by atoms with E-state index in [1.54, 1.807) is 0 Å². The highest BCUT2D eigenvalue weighted by Crippen LogP contribution is 2.14. The molecular weight excluding hydrogens is 266 g/mol. The van der Waals surface area contributed by atoms with Gasteiger partial charge in [0.2, 0.25) is 0 Å². The Labute approximate surface area is 129 Å². The predicted molar refractivity (Wildman–Crippen MR) is 85.5 cm³/mol. The van der Waals surface area contributed by atoms with E-state index in [1.165, 1.54) is 38.8 Å². The monoisotopic (exact) mass is 299 g/mol. The molecule has 0 aromatic heterocycles. The maximum atomic E-state index is 5.94. The summed E-state index contributed by atoms with van der Waals surface area (Å²) < 4.78 is 10.8. The van der Waals surface area contributed by atoms with E-state index in [1.807, 2.05) is 0 Å². The lowest BCUT2D eigenvalue weighted by molar-refractivity contribution is 0.0354. The number of hydrogen-bond acceptors (Lipinski definition) is 5. The number of nitrogens with zero attached hydrogens (tertiary/aromatic N) is 2. The first-order chi connectivity index (χ1) is 10.4. The SMILES string of the molecule is NCC(CCCN1CCOCC1)CCCN1CCOCC1. The summed E-state index contributed by atoms with van der Waals surface area (Å²) in [6.45, 7) is 11.3. The zero-order chi connectivity index (χ0) is 14.8. The van der Waals surface area contributed by atoms with Gasteiger partial charge in [-0.15, -0.1) is 0 Å². The van der Waals surface area contributed by atoms with Gasteiger partial charge in [-0.3, -0.25) is 9.80 Å². The van der Waals surface area contributed by atoms with Crippen LogP contribution in [-0.4, -0.2) is 82.0 Å². The van der Waals surface area contributed by atoms with Crippen molar-refractivity contribution < 1.29 is 9.47 Å². The van der Waals surface area contributed by atoms with Gasteiger partial charge in [0.25, 0.3) is 0 Å². The summed E-state index contributed by atoms with van der Waals surface area (Å²) in [7, 11) is 0. The van der Waals surface area contributed by atoms with E-state index in [0.29, 0.717) is 5.92 Å². The fourth-order valence-electron chi connectivity index (χ4n) is 3.24. The minimum Gasteiger partial charge on any atom is -0.379 e. The van der Waals surface area contributed by atoms with Crippen molar-refractivity contribution >= 4 is 0 Å². The van der Waals surface area contributed by atoms with Crippen LogP contribution in [0.15, 0.2) is 0 Å². The van der Waals surface area contributed by atoms with Crippen LogP contribution >= 0.6 is 0 Å². The molecule has 2 rings (SSSR count). The van der Waals surface area contributed by atoms with Gasteiger partial charge in [-0.05, 0) is 51.2 Å². The molecule has 0 spiro atoms. The third-order valence-corrected chi connectivity index (χ3v) is 4.71. The fourth-order valence-corrected chi connectivity index (χ4v) is 3.24. The van der Waals surface area contributed by atoms with Crippen LogP contribution in [0.2, 0.25) is 0 Å². The largest absolute Gasteiger partial charge is 0.379 e. The van der Waals surface area contributed by atoms with Crippen LogP contribution in [0.5, 0.6) is 0 Å². The van der Waals surface area contributed by atoms with E-state index in [-0.39, 0.29) is 0 Å². The molecule has 0 unspecified atom stereocenters. The Morgan fingerprint density at radius 1 is 0.762 bits per heavy atom. The molecule has 2 fully saturated rings. The standard InChI is InChI=1S/C16H33N3O2/c17-15-16(3-1-5-18-7-11-20-12-8-18)4-2-6-19-9-13-21-14-10-19/h16H,1-15,17H2. The van der Waals surface area contributed by atoms with Gasteiger partial charge in [0.05, 0.1) is 26.4 Å². The Morgan fingerprint density at radius 2 is 1.19 bits per heavy atom. The van der Waals surface area contributed by atoms with Crippen molar-refractivity contribution in [3.05, 3.63) is 0 Å². The molecule has 0 bridgehead atoms. The Bertz CT molecular complexity index is 230. The van der Waals surface area contributed by atoms with Crippen LogP contribution in [-0.2, 0) is 9.47 Å². The van der Waals surface area contributed by atoms with Crippen LogP contribution in [0, 0.1) is 5.92 Å². The third kappa shape index (κ3) is 7.06. The van der Waals surface area contributed by atoms with Gasteiger partial charge >= 0.3 is 0 Å². The Balaban J connectivity index is 1.50. The van der Waals surface area contributed by atoms with Crippen LogP contribution in [0.4, 0.5) is 0 Å². The van der Waals surface area contributed by atoms with Crippen LogP contribution < -0.4 is 5.73 Å². The maximum absolute atomic E-state index is 5.94. The molecule has 0 atom stereocenters. The molecule has 124 valence electrons. The average Bonchev–Trinajstić information content (AvgIpc) is 2.55. The van der Waals surface area contributed by atoms with Crippen molar-refractivity contribution in [3.63, 3.8) is 0 Å². The van der Waals surface area contributed by atoms with E-state index in [9.17, 15) is 0 Å². The molecule has 0 aromatic rings. The lowest BCUT2D eigenvalue weighted by Gasteiger charge is -2.28. The fraction of sp³-hybridized carbons (Fsp3) is 1.00. The zero-order valence-electron chi connectivity index (χ0n) is 13.5. The van der Waals surface area contributed by atoms with Gasteiger partial charge in [0.15, 0.2) is 0 Å². The molecule has 2 saturated heterocycles. The van der Waals surface area contributed by atoms with Gasteiger partial charge < -0.3 is 15.2 Å². The molecule has 0 amide bonds. The van der Waals surface area contributed by atoms with Crippen molar-refractivity contribution in [2.75, 3.05) is 72.2 Å². The normalized spacial score (nSPS) is 22.0. The topological polar surface area (TPSA) is 51.0 Å². The lowest BCUT2D eigenvalue weighted by Crippen LogP contribution is -2.37. The predicted octanol–water partition coefficient (Wildman–Crippen LogP) is 0.786. The first-order valence-corrected chi connectivity index (χ1v) is 8.69. The third-order valence-electron chi connectivity index (χ3n) is 4.71. The van der Waals surface area contributed by atoms with Gasteiger partial charge in [-0.25, -0.2) is 0 Å². The Kier molecular flexibility index (Phi) is 8.59. The quantitative estimate of drug-likeness (QED) is 0.682. The molecule has 2 aliphatic heterocycles. The lowest BCUT2D eigenvalue weighted by atomic mass is 9.97. The van der Waals surface area contributed by atoms with E-state index in [0.717, 1.165) is 59.2 Å². The Morgan fingerprint density at radius 3 is 1.57 bits per heavy atom. The molecule has 2 heterocycles. The Hall–Kier alpha value is -0.200. The summed E-state index contributed by atoms with van der Waals surface area (Å²) in [4.78, 5) is 5.04. The van der Waals surface area contributed by atoms with Crippen molar-refractivity contribution in [1.29, 1.82) is 0 Å². The minimum atomic E-state index is 0.701. The second-order valence-electron chi connectivity index (χ2n) is 6.29. The molecule has 0 saturated carbocycles. The summed E-state index contributed by atoms with van der Waals surface area (Å²) in [5.74, 6) is 0.701. The second kappa shape index (κ2) is 10.5. The highest BCUT2D eigenvalue weighted by Gasteiger charge is 2.13. The summed E-state index contributed by atoms with van der Waals surface area (Å²) >= 11 is 0. The average molecular weight is 299 g/mol. The maximum Gasteiger partial charge on any atom is 0.0594 e.